The van der Waals surface area contributed by atoms with Crippen LogP contribution in [0.3, 0.4) is 0 Å². The maximum Gasteiger partial charge on any atom is 0.113 e. The zero-order valence-corrected chi connectivity index (χ0v) is 14.2. The molecule has 0 spiro atoms. The molecule has 0 radical (unpaired) electrons. The van der Waals surface area contributed by atoms with Crippen LogP contribution in [0.4, 0.5) is 5.69 Å². The second-order valence-corrected chi connectivity index (χ2v) is 6.68. The van der Waals surface area contributed by atoms with Crippen molar-refractivity contribution in [2.75, 3.05) is 37.7 Å². The van der Waals surface area contributed by atoms with Crippen LogP contribution in [0.5, 0.6) is 0 Å². The monoisotopic (exact) mass is 326 g/mol. The van der Waals surface area contributed by atoms with E-state index in [2.05, 4.69) is 50.2 Å². The lowest BCUT2D eigenvalue weighted by atomic mass is 9.99. The molecule has 0 saturated carbocycles. The van der Waals surface area contributed by atoms with Gasteiger partial charge in [0, 0.05) is 56.7 Å². The normalized spacial score (nSPS) is 20.8. The van der Waals surface area contributed by atoms with E-state index in [1.807, 2.05) is 6.20 Å². The number of hydrogen-bond donors (Lipinski definition) is 1. The number of nitrogens with zero attached hydrogens (tertiary/aromatic N) is 3. The number of aromatic nitrogens is 2. The fourth-order valence-corrected chi connectivity index (χ4v) is 3.85. The smallest absolute Gasteiger partial charge is 0.113 e. The molecule has 4 rings (SSSR count). The minimum Gasteiger partial charge on any atom is -0.378 e. The van der Waals surface area contributed by atoms with Gasteiger partial charge in [0.1, 0.15) is 5.82 Å². The molecule has 5 nitrogen and oxygen atoms in total. The Balaban J connectivity index is 1.38. The number of ether oxygens (including phenoxy) is 1. The number of imidazole rings is 1. The highest BCUT2D eigenvalue weighted by Crippen LogP contribution is 2.26. The Labute approximate surface area is 143 Å². The molecule has 0 unspecified atom stereocenters. The Morgan fingerprint density at radius 1 is 1.17 bits per heavy atom. The van der Waals surface area contributed by atoms with Gasteiger partial charge in [-0.2, -0.15) is 0 Å². The maximum atomic E-state index is 5.48. The summed E-state index contributed by atoms with van der Waals surface area (Å²) in [5.74, 6) is 1.78. The molecule has 3 heterocycles. The summed E-state index contributed by atoms with van der Waals surface area (Å²) in [7, 11) is 0. The van der Waals surface area contributed by atoms with Gasteiger partial charge in [0.2, 0.25) is 0 Å². The molecule has 24 heavy (non-hydrogen) atoms. The van der Waals surface area contributed by atoms with Crippen LogP contribution >= 0.6 is 0 Å². The SMILES string of the molecule is c1ccc(N2CCOCC2)c(CNC[C@H]2CCCn3ccnc32)c1. The van der Waals surface area contributed by atoms with Crippen LogP contribution in [0.1, 0.15) is 30.1 Å². The Morgan fingerprint density at radius 3 is 2.96 bits per heavy atom. The van der Waals surface area contributed by atoms with Gasteiger partial charge in [-0.15, -0.1) is 0 Å². The van der Waals surface area contributed by atoms with Crippen LogP contribution in [0, 0.1) is 0 Å². The van der Waals surface area contributed by atoms with Crippen molar-refractivity contribution < 1.29 is 4.74 Å². The second-order valence-electron chi connectivity index (χ2n) is 6.68. The Hall–Kier alpha value is -1.85. The molecular weight excluding hydrogens is 300 g/mol. The molecule has 1 fully saturated rings. The first kappa shape index (κ1) is 15.7. The average molecular weight is 326 g/mol. The third kappa shape index (κ3) is 3.32. The van der Waals surface area contributed by atoms with Gasteiger partial charge in [0.25, 0.3) is 0 Å². The molecule has 5 heteroatoms. The number of benzene rings is 1. The van der Waals surface area contributed by atoms with Gasteiger partial charge < -0.3 is 19.5 Å². The van der Waals surface area contributed by atoms with Gasteiger partial charge in [0.15, 0.2) is 0 Å². The summed E-state index contributed by atoms with van der Waals surface area (Å²) in [5, 5.41) is 3.67. The van der Waals surface area contributed by atoms with E-state index in [9.17, 15) is 0 Å². The van der Waals surface area contributed by atoms with Crippen molar-refractivity contribution >= 4 is 5.69 Å². The average Bonchev–Trinajstić information content (AvgIpc) is 3.12. The lowest BCUT2D eigenvalue weighted by Gasteiger charge is -2.31. The maximum absolute atomic E-state index is 5.48. The van der Waals surface area contributed by atoms with Crippen LogP contribution in [0.15, 0.2) is 36.7 Å². The summed E-state index contributed by atoms with van der Waals surface area (Å²) in [6.07, 6.45) is 6.52. The lowest BCUT2D eigenvalue weighted by molar-refractivity contribution is 0.122. The summed E-state index contributed by atoms with van der Waals surface area (Å²) in [4.78, 5) is 6.99. The van der Waals surface area contributed by atoms with E-state index in [1.165, 1.54) is 29.9 Å². The number of anilines is 1. The molecule has 0 bridgehead atoms. The summed E-state index contributed by atoms with van der Waals surface area (Å²) in [6, 6.07) is 8.73. The number of para-hydroxylation sites is 1. The van der Waals surface area contributed by atoms with E-state index in [4.69, 9.17) is 4.74 Å². The molecular formula is C19H26N4O. The molecule has 0 aliphatic carbocycles. The van der Waals surface area contributed by atoms with E-state index in [0.717, 1.165) is 45.9 Å². The number of morpholine rings is 1. The Kier molecular flexibility index (Phi) is 4.81. The van der Waals surface area contributed by atoms with E-state index >= 15 is 0 Å². The van der Waals surface area contributed by atoms with Crippen molar-refractivity contribution in [2.45, 2.75) is 31.8 Å². The predicted octanol–water partition coefficient (Wildman–Crippen LogP) is 2.39. The van der Waals surface area contributed by atoms with E-state index < -0.39 is 0 Å². The third-order valence-corrected chi connectivity index (χ3v) is 5.11. The largest absolute Gasteiger partial charge is 0.378 e. The van der Waals surface area contributed by atoms with Gasteiger partial charge in [-0.05, 0) is 24.5 Å². The summed E-state index contributed by atoms with van der Waals surface area (Å²) in [5.41, 5.74) is 2.72. The summed E-state index contributed by atoms with van der Waals surface area (Å²) in [6.45, 7) is 6.64. The van der Waals surface area contributed by atoms with Gasteiger partial charge in [0.05, 0.1) is 13.2 Å². The first-order valence-corrected chi connectivity index (χ1v) is 9.04. The molecule has 2 aromatic rings. The minimum atomic E-state index is 0.532. The van der Waals surface area contributed by atoms with Crippen LogP contribution in [-0.4, -0.2) is 42.4 Å². The fourth-order valence-electron chi connectivity index (χ4n) is 3.85. The summed E-state index contributed by atoms with van der Waals surface area (Å²) < 4.78 is 7.78. The lowest BCUT2D eigenvalue weighted by Crippen LogP contribution is -2.37. The highest BCUT2D eigenvalue weighted by Gasteiger charge is 2.21. The molecule has 128 valence electrons. The molecule has 2 aliphatic heterocycles. The fraction of sp³-hybridized carbons (Fsp3) is 0.526. The van der Waals surface area contributed by atoms with Crippen molar-refractivity contribution in [1.82, 2.24) is 14.9 Å². The minimum absolute atomic E-state index is 0.532. The molecule has 1 aromatic carbocycles. The summed E-state index contributed by atoms with van der Waals surface area (Å²) >= 11 is 0. The van der Waals surface area contributed by atoms with Gasteiger partial charge in [-0.25, -0.2) is 4.98 Å². The van der Waals surface area contributed by atoms with Crippen LogP contribution in [0.2, 0.25) is 0 Å². The standard InChI is InChI=1S/C19H26N4O/c1-2-6-18(22-10-12-24-13-11-22)16(4-1)14-20-15-17-5-3-8-23-9-7-21-19(17)23/h1-2,4,6-7,9,17,20H,3,5,8,10-15H2/t17-/m1/s1. The van der Waals surface area contributed by atoms with Gasteiger partial charge in [-0.3, -0.25) is 0 Å². The van der Waals surface area contributed by atoms with Crippen LogP contribution in [-0.2, 0) is 17.8 Å². The van der Waals surface area contributed by atoms with Gasteiger partial charge in [-0.1, -0.05) is 18.2 Å². The quantitative estimate of drug-likeness (QED) is 0.916. The first-order chi connectivity index (χ1) is 11.9. The van der Waals surface area contributed by atoms with Crippen molar-refractivity contribution in [3.05, 3.63) is 48.0 Å². The number of aryl methyl sites for hydroxylation is 1. The Morgan fingerprint density at radius 2 is 2.04 bits per heavy atom. The Bertz CT molecular complexity index is 663. The zero-order chi connectivity index (χ0) is 16.2. The number of nitrogens with one attached hydrogen (secondary N) is 1. The molecule has 0 amide bonds. The second kappa shape index (κ2) is 7.36. The topological polar surface area (TPSA) is 42.3 Å². The zero-order valence-electron chi connectivity index (χ0n) is 14.2. The number of hydrogen-bond acceptors (Lipinski definition) is 4. The highest BCUT2D eigenvalue weighted by atomic mass is 16.5. The van der Waals surface area contributed by atoms with Crippen molar-refractivity contribution in [2.24, 2.45) is 0 Å². The van der Waals surface area contributed by atoms with Crippen molar-refractivity contribution in [3.8, 4) is 0 Å². The van der Waals surface area contributed by atoms with Crippen LogP contribution in [0.25, 0.3) is 0 Å². The number of rotatable bonds is 5. The van der Waals surface area contributed by atoms with Gasteiger partial charge >= 0.3 is 0 Å². The molecule has 1 N–H and O–H groups in total. The van der Waals surface area contributed by atoms with E-state index in [0.29, 0.717) is 5.92 Å². The molecule has 1 atom stereocenters. The molecule has 2 aliphatic rings. The predicted molar refractivity (Wildman–Crippen MR) is 95.4 cm³/mol. The highest BCUT2D eigenvalue weighted by molar-refractivity contribution is 5.53. The molecule has 1 aromatic heterocycles. The molecule has 1 saturated heterocycles. The third-order valence-electron chi connectivity index (χ3n) is 5.11. The van der Waals surface area contributed by atoms with Crippen molar-refractivity contribution in [1.29, 1.82) is 0 Å². The van der Waals surface area contributed by atoms with Crippen LogP contribution < -0.4 is 10.2 Å². The van der Waals surface area contributed by atoms with E-state index in [1.54, 1.807) is 0 Å². The van der Waals surface area contributed by atoms with E-state index in [-0.39, 0.29) is 0 Å². The van der Waals surface area contributed by atoms with Crippen molar-refractivity contribution in [3.63, 3.8) is 0 Å². The first-order valence-electron chi connectivity index (χ1n) is 9.04. The number of fused-ring (bicyclic) bond motifs is 1.